The summed E-state index contributed by atoms with van der Waals surface area (Å²) in [6.07, 6.45) is 1.44. The van der Waals surface area contributed by atoms with E-state index in [0.717, 1.165) is 17.7 Å². The Morgan fingerprint density at radius 1 is 1.56 bits per heavy atom. The predicted molar refractivity (Wildman–Crippen MR) is 63.5 cm³/mol. The molecule has 0 saturated heterocycles. The molecule has 0 spiro atoms. The molecule has 1 aromatic rings. The van der Waals surface area contributed by atoms with E-state index < -0.39 is 10.7 Å². The lowest BCUT2D eigenvalue weighted by Crippen LogP contribution is -2.17. The zero-order chi connectivity index (χ0) is 11.8. The summed E-state index contributed by atoms with van der Waals surface area (Å²) >= 11 is 7.33. The highest BCUT2D eigenvalue weighted by molar-refractivity contribution is 8.01. The molecule has 0 atom stereocenters. The minimum absolute atomic E-state index is 0.508. The molecular weight excluding hydrogens is 248 g/mol. The Hall–Kier alpha value is -0.870. The van der Waals surface area contributed by atoms with Gasteiger partial charge in [0.05, 0.1) is 12.1 Å². The first-order valence-corrected chi connectivity index (χ1v) is 6.03. The summed E-state index contributed by atoms with van der Waals surface area (Å²) in [5.74, 6) is -0.143. The van der Waals surface area contributed by atoms with E-state index in [1.807, 2.05) is 6.07 Å². The number of methoxy groups -OCH3 is 1. The first kappa shape index (κ1) is 11.6. The van der Waals surface area contributed by atoms with Gasteiger partial charge >= 0.3 is 5.97 Å². The smallest absolute Gasteiger partial charge is 0.320 e. The molecule has 0 aromatic heterocycles. The van der Waals surface area contributed by atoms with Gasteiger partial charge in [-0.05, 0) is 31.0 Å². The van der Waals surface area contributed by atoms with E-state index in [-0.39, 0.29) is 0 Å². The van der Waals surface area contributed by atoms with Crippen molar-refractivity contribution in [1.29, 1.82) is 0 Å². The number of halogens is 1. The maximum atomic E-state index is 11.0. The van der Waals surface area contributed by atoms with Gasteiger partial charge in [0, 0.05) is 4.90 Å². The third-order valence-electron chi connectivity index (χ3n) is 2.53. The number of ether oxygens (including phenoxy) is 1. The fraction of sp³-hybridized carbons (Fsp3) is 0.364. The molecule has 3 nitrogen and oxygen atoms in total. The van der Waals surface area contributed by atoms with Crippen LogP contribution in [0.25, 0.3) is 0 Å². The van der Waals surface area contributed by atoms with Crippen molar-refractivity contribution in [3.8, 4) is 5.75 Å². The summed E-state index contributed by atoms with van der Waals surface area (Å²) in [7, 11) is 1.55. The van der Waals surface area contributed by atoms with Crippen molar-refractivity contribution in [3.05, 3.63) is 23.2 Å². The molecule has 86 valence electrons. The van der Waals surface area contributed by atoms with Crippen LogP contribution in [0.2, 0.25) is 5.02 Å². The van der Waals surface area contributed by atoms with Crippen molar-refractivity contribution in [3.63, 3.8) is 0 Å². The molecule has 1 aliphatic carbocycles. The first-order chi connectivity index (χ1) is 7.57. The minimum Gasteiger partial charge on any atom is -0.495 e. The predicted octanol–water partition coefficient (Wildman–Crippen LogP) is 3.06. The summed E-state index contributed by atoms with van der Waals surface area (Å²) in [6.45, 7) is 0. The molecule has 5 heteroatoms. The third-order valence-corrected chi connectivity index (χ3v) is 4.29. The van der Waals surface area contributed by atoms with Crippen LogP contribution < -0.4 is 4.74 Å². The number of rotatable bonds is 4. The summed E-state index contributed by atoms with van der Waals surface area (Å²) in [4.78, 5) is 11.9. The van der Waals surface area contributed by atoms with Crippen LogP contribution >= 0.6 is 23.4 Å². The van der Waals surface area contributed by atoms with Crippen molar-refractivity contribution in [2.75, 3.05) is 7.11 Å². The Labute approximate surface area is 103 Å². The Kier molecular flexibility index (Phi) is 3.04. The van der Waals surface area contributed by atoms with Gasteiger partial charge in [-0.1, -0.05) is 11.6 Å². The highest BCUT2D eigenvalue weighted by Crippen LogP contribution is 2.52. The van der Waals surface area contributed by atoms with Gasteiger partial charge in [0.2, 0.25) is 0 Å². The molecule has 16 heavy (non-hydrogen) atoms. The lowest BCUT2D eigenvalue weighted by molar-refractivity contribution is -0.137. The van der Waals surface area contributed by atoms with Gasteiger partial charge in [-0.25, -0.2) is 0 Å². The summed E-state index contributed by atoms with van der Waals surface area (Å²) in [6, 6.07) is 5.33. The molecule has 1 aromatic carbocycles. The van der Waals surface area contributed by atoms with Crippen molar-refractivity contribution in [2.45, 2.75) is 22.5 Å². The van der Waals surface area contributed by atoms with E-state index in [9.17, 15) is 4.79 Å². The summed E-state index contributed by atoms with van der Waals surface area (Å²) in [5, 5.41) is 9.56. The van der Waals surface area contributed by atoms with Crippen molar-refractivity contribution < 1.29 is 14.6 Å². The number of carboxylic acids is 1. The fourth-order valence-electron chi connectivity index (χ4n) is 1.41. The molecule has 1 fully saturated rings. The fourth-order valence-corrected chi connectivity index (χ4v) is 2.89. The molecule has 1 N–H and O–H groups in total. The Morgan fingerprint density at radius 3 is 2.69 bits per heavy atom. The highest BCUT2D eigenvalue weighted by atomic mass is 35.5. The average Bonchev–Trinajstić information content (AvgIpc) is 2.99. The molecule has 0 bridgehead atoms. The second kappa shape index (κ2) is 4.18. The van der Waals surface area contributed by atoms with Crippen molar-refractivity contribution in [1.82, 2.24) is 0 Å². The zero-order valence-corrected chi connectivity index (χ0v) is 10.3. The van der Waals surface area contributed by atoms with Crippen molar-refractivity contribution in [2.24, 2.45) is 0 Å². The summed E-state index contributed by atoms with van der Waals surface area (Å²) < 4.78 is 4.41. The van der Waals surface area contributed by atoms with Gasteiger partial charge in [-0.3, -0.25) is 4.79 Å². The van der Waals surface area contributed by atoms with E-state index in [1.165, 1.54) is 11.8 Å². The van der Waals surface area contributed by atoms with Crippen LogP contribution in [0.3, 0.4) is 0 Å². The van der Waals surface area contributed by atoms with E-state index in [1.54, 1.807) is 19.2 Å². The van der Waals surface area contributed by atoms with Gasteiger partial charge in [-0.2, -0.15) is 0 Å². The molecule has 2 rings (SSSR count). The Bertz CT molecular complexity index is 429. The summed E-state index contributed by atoms with van der Waals surface area (Å²) in [5.41, 5.74) is 0. The number of carbonyl (C=O) groups is 1. The van der Waals surface area contributed by atoms with Crippen LogP contribution in [-0.2, 0) is 4.79 Å². The second-order valence-corrected chi connectivity index (χ2v) is 5.56. The monoisotopic (exact) mass is 258 g/mol. The molecule has 1 saturated carbocycles. The largest absolute Gasteiger partial charge is 0.495 e. The maximum Gasteiger partial charge on any atom is 0.320 e. The van der Waals surface area contributed by atoms with E-state index >= 15 is 0 Å². The zero-order valence-electron chi connectivity index (χ0n) is 8.70. The normalized spacial score (nSPS) is 16.9. The van der Waals surface area contributed by atoms with Crippen LogP contribution in [0.1, 0.15) is 12.8 Å². The van der Waals surface area contributed by atoms with Gasteiger partial charge in [0.15, 0.2) is 0 Å². The SMILES string of the molecule is COc1ccc(SC2(C(=O)O)CC2)cc1Cl. The number of hydrogen-bond donors (Lipinski definition) is 1. The number of hydrogen-bond acceptors (Lipinski definition) is 3. The molecule has 0 aliphatic heterocycles. The molecule has 0 radical (unpaired) electrons. The first-order valence-electron chi connectivity index (χ1n) is 4.83. The number of benzene rings is 1. The average molecular weight is 259 g/mol. The van der Waals surface area contributed by atoms with Crippen LogP contribution in [0.4, 0.5) is 0 Å². The molecule has 0 amide bonds. The van der Waals surface area contributed by atoms with Gasteiger partial charge in [0.1, 0.15) is 10.5 Å². The standard InChI is InChI=1S/C11H11ClO3S/c1-15-9-3-2-7(6-8(9)12)16-11(4-5-11)10(13)14/h2-3,6H,4-5H2,1H3,(H,13,14). The molecule has 1 aliphatic rings. The Balaban J connectivity index is 2.17. The lowest BCUT2D eigenvalue weighted by Gasteiger charge is -2.10. The minimum atomic E-state index is -0.746. The number of carboxylic acid groups (broad SMARTS) is 1. The second-order valence-electron chi connectivity index (χ2n) is 3.70. The van der Waals surface area contributed by atoms with E-state index in [0.29, 0.717) is 10.8 Å². The van der Waals surface area contributed by atoms with Crippen LogP contribution in [0.5, 0.6) is 5.75 Å². The molecular formula is C11H11ClO3S. The highest BCUT2D eigenvalue weighted by Gasteiger charge is 2.51. The van der Waals surface area contributed by atoms with E-state index in [2.05, 4.69) is 0 Å². The van der Waals surface area contributed by atoms with E-state index in [4.69, 9.17) is 21.4 Å². The number of thioether (sulfide) groups is 1. The molecule has 0 unspecified atom stereocenters. The van der Waals surface area contributed by atoms with Crippen molar-refractivity contribution >= 4 is 29.3 Å². The van der Waals surface area contributed by atoms with Crippen LogP contribution in [-0.4, -0.2) is 22.9 Å². The van der Waals surface area contributed by atoms with Gasteiger partial charge in [0.25, 0.3) is 0 Å². The quantitative estimate of drug-likeness (QED) is 0.902. The Morgan fingerprint density at radius 2 is 2.25 bits per heavy atom. The number of aliphatic carboxylic acids is 1. The van der Waals surface area contributed by atoms with Gasteiger partial charge < -0.3 is 9.84 Å². The lowest BCUT2D eigenvalue weighted by atomic mass is 10.3. The topological polar surface area (TPSA) is 46.5 Å². The van der Waals surface area contributed by atoms with Gasteiger partial charge in [-0.15, -0.1) is 11.8 Å². The van der Waals surface area contributed by atoms with Crippen LogP contribution in [0, 0.1) is 0 Å². The maximum absolute atomic E-state index is 11.0. The molecule has 0 heterocycles. The van der Waals surface area contributed by atoms with Crippen LogP contribution in [0.15, 0.2) is 23.1 Å². The third kappa shape index (κ3) is 2.13.